The summed E-state index contributed by atoms with van der Waals surface area (Å²) in [4.78, 5) is 20.2. The van der Waals surface area contributed by atoms with E-state index in [0.29, 0.717) is 18.7 Å². The number of carboxylic acid groups (broad SMARTS) is 1. The molecule has 5 nitrogen and oxygen atoms in total. The number of aliphatic hydroxyl groups excluding tert-OH is 1. The minimum absolute atomic E-state index is 0.0910. The molecule has 0 heterocycles. The molecular weight excluding hydrogens is 249 g/mol. The van der Waals surface area contributed by atoms with Crippen LogP contribution < -0.4 is 5.32 Å². The highest BCUT2D eigenvalue weighted by Gasteiger charge is 2.07. The lowest BCUT2D eigenvalue weighted by molar-refractivity contribution is -0.139. The van der Waals surface area contributed by atoms with E-state index in [1.54, 1.807) is 0 Å². The van der Waals surface area contributed by atoms with Gasteiger partial charge in [-0.2, -0.15) is 12.6 Å². The third-order valence-electron chi connectivity index (χ3n) is 1.61. The maximum atomic E-state index is 11.3. The van der Waals surface area contributed by atoms with Gasteiger partial charge in [-0.05, 0) is 0 Å². The van der Waals surface area contributed by atoms with Gasteiger partial charge in [0.15, 0.2) is 0 Å². The van der Waals surface area contributed by atoms with Crippen LogP contribution in [0.25, 0.3) is 0 Å². The van der Waals surface area contributed by atoms with Gasteiger partial charge in [0.05, 0.1) is 19.2 Å². The van der Waals surface area contributed by atoms with Gasteiger partial charge in [0.2, 0.25) is 5.91 Å². The lowest BCUT2D eigenvalue weighted by Gasteiger charge is -2.01. The maximum Gasteiger partial charge on any atom is 0.305 e. The van der Waals surface area contributed by atoms with Gasteiger partial charge in [0, 0.05) is 25.1 Å². The molecule has 0 saturated heterocycles. The number of hydrogen-bond donors (Lipinski definition) is 4. The Balaban J connectivity index is 0. The number of carbonyl (C=O) groups excluding carboxylic acids is 1. The number of alkyl halides is 1. The van der Waals surface area contributed by atoms with Crippen molar-refractivity contribution >= 4 is 24.5 Å². The first-order chi connectivity index (χ1) is 7.97. The molecule has 17 heavy (non-hydrogen) atoms. The van der Waals surface area contributed by atoms with E-state index in [1.165, 1.54) is 0 Å². The van der Waals surface area contributed by atoms with Gasteiger partial charge < -0.3 is 15.5 Å². The normalized spacial score (nSPS) is 11.1. The summed E-state index contributed by atoms with van der Waals surface area (Å²) in [5.74, 6) is -0.291. The number of aliphatic hydroxyl groups is 1. The molecule has 0 fully saturated rings. The number of halogens is 1. The highest BCUT2D eigenvalue weighted by atomic mass is 32.1. The van der Waals surface area contributed by atoms with Crippen LogP contribution in [0, 0.1) is 0 Å². The minimum atomic E-state index is -1.10. The van der Waals surface area contributed by atoms with Gasteiger partial charge in [0.25, 0.3) is 0 Å². The molecular formula is C10H20FNO4S. The Labute approximate surface area is 106 Å². The number of rotatable bonds is 7. The Bertz CT molecular complexity index is 216. The Hall–Kier alpha value is -0.820. The number of hydrogen-bond acceptors (Lipinski definition) is 4. The molecule has 0 aliphatic heterocycles. The summed E-state index contributed by atoms with van der Waals surface area (Å²) in [6, 6.07) is 0. The monoisotopic (exact) mass is 269 g/mol. The van der Waals surface area contributed by atoms with Crippen LogP contribution in [0.2, 0.25) is 0 Å². The summed E-state index contributed by atoms with van der Waals surface area (Å²) < 4.78 is 11.3. The SMILES string of the molecule is CCC(=O)NCCS.O=C(O)C[C@H](O)CCF. The number of carbonyl (C=O) groups is 2. The number of nitrogens with one attached hydrogen (secondary N) is 1. The Morgan fingerprint density at radius 1 is 1.47 bits per heavy atom. The summed E-state index contributed by atoms with van der Waals surface area (Å²) in [6.07, 6.45) is -0.934. The maximum absolute atomic E-state index is 11.3. The number of thiol groups is 1. The smallest absolute Gasteiger partial charge is 0.305 e. The fourth-order valence-electron chi connectivity index (χ4n) is 0.750. The zero-order chi connectivity index (χ0) is 13.7. The molecule has 1 atom stereocenters. The first-order valence-electron chi connectivity index (χ1n) is 5.31. The average molecular weight is 269 g/mol. The van der Waals surface area contributed by atoms with Crippen molar-refractivity contribution < 1.29 is 24.2 Å². The zero-order valence-electron chi connectivity index (χ0n) is 9.86. The fourth-order valence-corrected chi connectivity index (χ4v) is 0.862. The van der Waals surface area contributed by atoms with Crippen LogP contribution in [0.4, 0.5) is 4.39 Å². The van der Waals surface area contributed by atoms with Crippen molar-refractivity contribution in [3.05, 3.63) is 0 Å². The van der Waals surface area contributed by atoms with Gasteiger partial charge in [-0.25, -0.2) is 0 Å². The lowest BCUT2D eigenvalue weighted by atomic mass is 10.2. The number of aliphatic carboxylic acids is 1. The first kappa shape index (κ1) is 18.5. The molecule has 0 rings (SSSR count). The van der Waals surface area contributed by atoms with Crippen LogP contribution in [0.3, 0.4) is 0 Å². The molecule has 0 unspecified atom stereocenters. The van der Waals surface area contributed by atoms with Crippen molar-refractivity contribution in [2.24, 2.45) is 0 Å². The third-order valence-corrected chi connectivity index (χ3v) is 1.83. The molecule has 1 amide bonds. The van der Waals surface area contributed by atoms with E-state index in [1.807, 2.05) is 6.92 Å². The number of amides is 1. The van der Waals surface area contributed by atoms with Gasteiger partial charge in [-0.15, -0.1) is 0 Å². The van der Waals surface area contributed by atoms with Crippen LogP contribution in [0.15, 0.2) is 0 Å². The highest BCUT2D eigenvalue weighted by Crippen LogP contribution is 1.96. The van der Waals surface area contributed by atoms with Gasteiger partial charge >= 0.3 is 5.97 Å². The van der Waals surface area contributed by atoms with Crippen molar-refractivity contribution in [3.63, 3.8) is 0 Å². The van der Waals surface area contributed by atoms with E-state index in [4.69, 9.17) is 10.2 Å². The standard InChI is InChI=1S/C5H9FO3.C5H11NOS/c6-2-1-4(7)3-5(8)9;1-2-5(7)6-3-4-8/h4,7H,1-3H2,(H,8,9);8H,2-4H2,1H3,(H,6,7)/t4-;/m1./s1. The molecule has 0 spiro atoms. The highest BCUT2D eigenvalue weighted by molar-refractivity contribution is 7.80. The van der Waals surface area contributed by atoms with E-state index >= 15 is 0 Å². The molecule has 0 bridgehead atoms. The second-order valence-electron chi connectivity index (χ2n) is 3.16. The summed E-state index contributed by atoms with van der Waals surface area (Å²) in [7, 11) is 0. The predicted octanol–water partition coefficient (Wildman–Crippen LogP) is 0.624. The van der Waals surface area contributed by atoms with Crippen molar-refractivity contribution in [1.82, 2.24) is 5.32 Å². The fraction of sp³-hybridized carbons (Fsp3) is 0.800. The molecule has 0 aromatic rings. The molecule has 3 N–H and O–H groups in total. The Kier molecular flexibility index (Phi) is 14.4. The summed E-state index contributed by atoms with van der Waals surface area (Å²) in [6.45, 7) is 1.83. The summed E-state index contributed by atoms with van der Waals surface area (Å²) >= 11 is 3.92. The van der Waals surface area contributed by atoms with Gasteiger partial charge in [-0.3, -0.25) is 14.0 Å². The Morgan fingerprint density at radius 3 is 2.41 bits per heavy atom. The van der Waals surface area contributed by atoms with Crippen LogP contribution in [0.1, 0.15) is 26.2 Å². The molecule has 0 aliphatic rings. The van der Waals surface area contributed by atoms with Crippen molar-refractivity contribution in [2.45, 2.75) is 32.3 Å². The average Bonchev–Trinajstić information content (AvgIpc) is 2.26. The third kappa shape index (κ3) is 17.8. The van der Waals surface area contributed by atoms with Crippen molar-refractivity contribution in [1.29, 1.82) is 0 Å². The lowest BCUT2D eigenvalue weighted by Crippen LogP contribution is -2.23. The summed E-state index contributed by atoms with van der Waals surface area (Å²) in [5.41, 5.74) is 0. The second-order valence-corrected chi connectivity index (χ2v) is 3.60. The summed E-state index contributed by atoms with van der Waals surface area (Å²) in [5, 5.41) is 19.3. The second kappa shape index (κ2) is 13.2. The molecule has 0 aromatic heterocycles. The van der Waals surface area contributed by atoms with E-state index in [-0.39, 0.29) is 18.7 Å². The van der Waals surface area contributed by atoms with E-state index in [2.05, 4.69) is 17.9 Å². The minimum Gasteiger partial charge on any atom is -0.481 e. The van der Waals surface area contributed by atoms with E-state index in [9.17, 15) is 14.0 Å². The zero-order valence-corrected chi connectivity index (χ0v) is 10.8. The molecule has 102 valence electrons. The van der Waals surface area contributed by atoms with E-state index in [0.717, 1.165) is 0 Å². The van der Waals surface area contributed by atoms with Crippen molar-refractivity contribution in [3.8, 4) is 0 Å². The van der Waals surface area contributed by atoms with Crippen molar-refractivity contribution in [2.75, 3.05) is 19.0 Å². The van der Waals surface area contributed by atoms with Gasteiger partial charge in [-0.1, -0.05) is 6.92 Å². The predicted molar refractivity (Wildman–Crippen MR) is 66.0 cm³/mol. The largest absolute Gasteiger partial charge is 0.481 e. The van der Waals surface area contributed by atoms with Crippen LogP contribution in [-0.2, 0) is 9.59 Å². The van der Waals surface area contributed by atoms with Crippen LogP contribution >= 0.6 is 12.6 Å². The Morgan fingerprint density at radius 2 is 2.06 bits per heavy atom. The molecule has 0 radical (unpaired) electrons. The van der Waals surface area contributed by atoms with Crippen LogP contribution in [0.5, 0.6) is 0 Å². The quantitative estimate of drug-likeness (QED) is 0.510. The molecule has 0 aliphatic carbocycles. The van der Waals surface area contributed by atoms with E-state index < -0.39 is 18.7 Å². The van der Waals surface area contributed by atoms with Gasteiger partial charge in [0.1, 0.15) is 0 Å². The van der Waals surface area contributed by atoms with Crippen LogP contribution in [-0.4, -0.2) is 47.2 Å². The number of carboxylic acids is 1. The topological polar surface area (TPSA) is 86.6 Å². The molecule has 0 aromatic carbocycles. The molecule has 7 heteroatoms. The molecule has 0 saturated carbocycles. The first-order valence-corrected chi connectivity index (χ1v) is 5.94.